The third-order valence-electron chi connectivity index (χ3n) is 3.46. The Morgan fingerprint density at radius 2 is 1.83 bits per heavy atom. The summed E-state index contributed by atoms with van der Waals surface area (Å²) in [5, 5.41) is 21.1. The van der Waals surface area contributed by atoms with Crippen LogP contribution in [0.25, 0.3) is 0 Å². The number of carboxylic acids is 1. The van der Waals surface area contributed by atoms with Crippen LogP contribution in [0.5, 0.6) is 0 Å². The lowest BCUT2D eigenvalue weighted by atomic mass is 9.82. The first kappa shape index (κ1) is 14.6. The molecule has 1 N–H and O–H groups in total. The van der Waals surface area contributed by atoms with Crippen molar-refractivity contribution in [2.75, 3.05) is 0 Å². The number of carboxylic acid groups (broad SMARTS) is 1. The van der Waals surface area contributed by atoms with Gasteiger partial charge in [0, 0.05) is 5.41 Å². The largest absolute Gasteiger partial charge is 0.481 e. The van der Waals surface area contributed by atoms with Gasteiger partial charge in [-0.15, -0.1) is 5.10 Å². The van der Waals surface area contributed by atoms with Crippen molar-refractivity contribution in [3.05, 3.63) is 5.82 Å². The molecule has 0 atom stereocenters. The summed E-state index contributed by atoms with van der Waals surface area (Å²) in [6.07, 6.45) is 1.12. The highest BCUT2D eigenvalue weighted by molar-refractivity contribution is 5.74. The molecule has 18 heavy (non-hydrogen) atoms. The number of rotatable bonds is 5. The zero-order valence-electron chi connectivity index (χ0n) is 11.8. The first-order valence-electron chi connectivity index (χ1n) is 6.27. The van der Waals surface area contributed by atoms with Crippen molar-refractivity contribution in [1.82, 2.24) is 20.2 Å². The minimum atomic E-state index is -0.796. The normalized spacial score (nSPS) is 12.7. The van der Waals surface area contributed by atoms with Gasteiger partial charge in [0.05, 0.1) is 12.0 Å². The summed E-state index contributed by atoms with van der Waals surface area (Å²) in [6, 6.07) is 0. The Kier molecular flexibility index (Phi) is 4.09. The van der Waals surface area contributed by atoms with Crippen LogP contribution in [0.3, 0.4) is 0 Å². The van der Waals surface area contributed by atoms with E-state index in [2.05, 4.69) is 15.5 Å². The number of tetrazole rings is 1. The molecule has 0 aliphatic carbocycles. The van der Waals surface area contributed by atoms with Crippen LogP contribution in [0, 0.1) is 5.41 Å². The van der Waals surface area contributed by atoms with Crippen molar-refractivity contribution in [1.29, 1.82) is 0 Å². The molecule has 6 nitrogen and oxygen atoms in total. The molecule has 0 saturated carbocycles. The zero-order chi connectivity index (χ0) is 14.0. The second-order valence-corrected chi connectivity index (χ2v) is 5.70. The van der Waals surface area contributed by atoms with Gasteiger partial charge < -0.3 is 5.11 Å². The predicted molar refractivity (Wildman–Crippen MR) is 67.2 cm³/mol. The van der Waals surface area contributed by atoms with Gasteiger partial charge in [0.15, 0.2) is 5.82 Å². The molecule has 0 aromatic carbocycles. The smallest absolute Gasteiger partial charge is 0.311 e. The fraction of sp³-hybridized carbons (Fsp3) is 0.833. The highest BCUT2D eigenvalue weighted by atomic mass is 16.4. The number of aliphatic carboxylic acids is 1. The molecule has 0 bridgehead atoms. The first-order valence-corrected chi connectivity index (χ1v) is 6.27. The topological polar surface area (TPSA) is 80.9 Å². The monoisotopic (exact) mass is 254 g/mol. The van der Waals surface area contributed by atoms with Crippen LogP contribution in [-0.2, 0) is 16.8 Å². The number of aromatic nitrogens is 4. The Bertz CT molecular complexity index is 416. The molecule has 0 radical (unpaired) electrons. The molecule has 1 rings (SSSR count). The summed E-state index contributed by atoms with van der Waals surface area (Å²) < 4.78 is 1.63. The van der Waals surface area contributed by atoms with E-state index in [1.165, 1.54) is 0 Å². The molecule has 0 amide bonds. The highest BCUT2D eigenvalue weighted by Gasteiger charge is 2.37. The van der Waals surface area contributed by atoms with E-state index in [9.17, 15) is 9.90 Å². The summed E-state index contributed by atoms with van der Waals surface area (Å²) in [5.74, 6) is -0.0714. The Morgan fingerprint density at radius 3 is 2.22 bits per heavy atom. The molecule has 0 fully saturated rings. The lowest BCUT2D eigenvalue weighted by molar-refractivity contribution is -0.150. The lowest BCUT2D eigenvalue weighted by Gasteiger charge is -2.28. The molecule has 102 valence electrons. The average molecular weight is 254 g/mol. The molecule has 1 heterocycles. The van der Waals surface area contributed by atoms with Gasteiger partial charge in [-0.05, 0) is 23.3 Å². The van der Waals surface area contributed by atoms with E-state index in [4.69, 9.17) is 0 Å². The molecule has 0 aliphatic rings. The fourth-order valence-electron chi connectivity index (χ4n) is 1.98. The van der Waals surface area contributed by atoms with Crippen molar-refractivity contribution in [2.45, 2.75) is 59.4 Å². The van der Waals surface area contributed by atoms with Gasteiger partial charge in [-0.1, -0.05) is 34.6 Å². The molecule has 1 aromatic rings. The van der Waals surface area contributed by atoms with Crippen LogP contribution in [0.4, 0.5) is 0 Å². The lowest BCUT2D eigenvalue weighted by Crippen LogP contribution is -2.36. The minimum Gasteiger partial charge on any atom is -0.481 e. The average Bonchev–Trinajstić information content (AvgIpc) is 2.73. The summed E-state index contributed by atoms with van der Waals surface area (Å²) in [5.41, 5.74) is -0.995. The maximum Gasteiger partial charge on any atom is 0.311 e. The van der Waals surface area contributed by atoms with Gasteiger partial charge in [0.25, 0.3) is 0 Å². The van der Waals surface area contributed by atoms with Crippen LogP contribution >= 0.6 is 0 Å². The van der Waals surface area contributed by atoms with Gasteiger partial charge in [0.2, 0.25) is 0 Å². The number of carbonyl (C=O) groups is 1. The van der Waals surface area contributed by atoms with E-state index >= 15 is 0 Å². The third-order valence-corrected chi connectivity index (χ3v) is 3.46. The van der Waals surface area contributed by atoms with E-state index in [0.717, 1.165) is 5.82 Å². The van der Waals surface area contributed by atoms with Crippen molar-refractivity contribution < 1.29 is 9.90 Å². The fourth-order valence-corrected chi connectivity index (χ4v) is 1.98. The predicted octanol–water partition coefficient (Wildman–Crippen LogP) is 1.86. The van der Waals surface area contributed by atoms with Crippen LogP contribution < -0.4 is 0 Å². The summed E-state index contributed by atoms with van der Waals surface area (Å²) >= 11 is 0. The van der Waals surface area contributed by atoms with E-state index in [0.29, 0.717) is 19.4 Å². The van der Waals surface area contributed by atoms with Crippen molar-refractivity contribution >= 4 is 5.97 Å². The molecule has 0 spiro atoms. The molecular formula is C12H22N4O2. The molecule has 0 aliphatic heterocycles. The van der Waals surface area contributed by atoms with Crippen LogP contribution in [0.15, 0.2) is 0 Å². The maximum absolute atomic E-state index is 11.5. The second kappa shape index (κ2) is 5.04. The van der Waals surface area contributed by atoms with Crippen LogP contribution in [0.1, 0.15) is 53.3 Å². The van der Waals surface area contributed by atoms with Gasteiger partial charge in [-0.3, -0.25) is 4.79 Å². The number of nitrogens with zero attached hydrogens (tertiary/aromatic N) is 4. The van der Waals surface area contributed by atoms with Crippen molar-refractivity contribution in [2.24, 2.45) is 5.41 Å². The van der Waals surface area contributed by atoms with E-state index in [1.54, 1.807) is 4.68 Å². The maximum atomic E-state index is 11.5. The van der Waals surface area contributed by atoms with E-state index < -0.39 is 11.4 Å². The summed E-state index contributed by atoms with van der Waals surface area (Å²) in [6.45, 7) is 10.1. The third kappa shape index (κ3) is 2.68. The van der Waals surface area contributed by atoms with Crippen molar-refractivity contribution in [3.8, 4) is 0 Å². The summed E-state index contributed by atoms with van der Waals surface area (Å²) in [4.78, 5) is 11.5. The summed E-state index contributed by atoms with van der Waals surface area (Å²) in [7, 11) is 0. The van der Waals surface area contributed by atoms with Gasteiger partial charge in [0.1, 0.15) is 0 Å². The molecular weight excluding hydrogens is 232 g/mol. The standard InChI is InChI=1S/C12H22N4O2/c1-6-12(7-2,10(17)18)8-16-9(11(3,4)5)13-14-15-16/h6-8H2,1-5H3,(H,17,18). The number of hydrogen-bond acceptors (Lipinski definition) is 4. The van der Waals surface area contributed by atoms with Gasteiger partial charge in [-0.2, -0.15) is 0 Å². The second-order valence-electron chi connectivity index (χ2n) is 5.70. The molecule has 1 aromatic heterocycles. The first-order chi connectivity index (χ1) is 8.27. The van der Waals surface area contributed by atoms with Gasteiger partial charge >= 0.3 is 5.97 Å². The Labute approximate surface area is 107 Å². The van der Waals surface area contributed by atoms with E-state index in [-0.39, 0.29) is 5.41 Å². The zero-order valence-corrected chi connectivity index (χ0v) is 11.8. The molecule has 0 saturated heterocycles. The van der Waals surface area contributed by atoms with Crippen molar-refractivity contribution in [3.63, 3.8) is 0 Å². The molecule has 6 heteroatoms. The Hall–Kier alpha value is -1.46. The Balaban J connectivity index is 3.10. The van der Waals surface area contributed by atoms with Crippen LogP contribution in [0.2, 0.25) is 0 Å². The Morgan fingerprint density at radius 1 is 1.28 bits per heavy atom. The molecule has 0 unspecified atom stereocenters. The van der Waals surface area contributed by atoms with Gasteiger partial charge in [-0.25, -0.2) is 4.68 Å². The van der Waals surface area contributed by atoms with Crippen LogP contribution in [-0.4, -0.2) is 31.3 Å². The highest BCUT2D eigenvalue weighted by Crippen LogP contribution is 2.30. The quantitative estimate of drug-likeness (QED) is 0.867. The van der Waals surface area contributed by atoms with E-state index in [1.807, 2.05) is 34.6 Å². The minimum absolute atomic E-state index is 0.199. The SMILES string of the molecule is CCC(CC)(Cn1nnnc1C(C)(C)C)C(=O)O. The number of hydrogen-bond donors (Lipinski definition) is 1.